The second kappa shape index (κ2) is 7.22. The molecule has 0 saturated carbocycles. The lowest BCUT2D eigenvalue weighted by Crippen LogP contribution is -2.70. The number of carbonyl (C=O) groups is 4. The van der Waals surface area contributed by atoms with Gasteiger partial charge < -0.3 is 21.3 Å². The highest BCUT2D eigenvalue weighted by atomic mass is 32.2. The van der Waals surface area contributed by atoms with Gasteiger partial charge in [-0.3, -0.25) is 19.3 Å². The van der Waals surface area contributed by atoms with E-state index in [0.717, 1.165) is 0 Å². The Balaban J connectivity index is 1.88. The van der Waals surface area contributed by atoms with Gasteiger partial charge in [-0.2, -0.15) is 0 Å². The Morgan fingerprint density at radius 2 is 2.08 bits per heavy atom. The molecule has 2 rings (SSSR count). The molecule has 5 N–H and O–H groups in total. The number of carboxylic acid groups (broad SMARTS) is 2. The van der Waals surface area contributed by atoms with Gasteiger partial charge >= 0.3 is 11.9 Å². The number of nitrogens with zero attached hydrogens (tertiary/aromatic N) is 1. The number of fused-ring (bicyclic) bond motifs is 1. The SMILES string of the molecule is CC1=C(C(=O)O)N2C(=O)[C@@H](NC(=O)CCCC(N)C(=O)O)[C@@H]2SC1. The molecule has 1 unspecified atom stereocenters. The minimum atomic E-state index is -1.15. The van der Waals surface area contributed by atoms with Crippen molar-refractivity contribution >= 4 is 35.5 Å². The number of hydrogen-bond donors (Lipinski definition) is 4. The summed E-state index contributed by atoms with van der Waals surface area (Å²) in [5.41, 5.74) is 5.95. The van der Waals surface area contributed by atoms with E-state index in [1.807, 2.05) is 0 Å². The van der Waals surface area contributed by atoms with E-state index in [0.29, 0.717) is 17.7 Å². The number of aliphatic carboxylic acids is 2. The molecule has 0 aromatic carbocycles. The summed E-state index contributed by atoms with van der Waals surface area (Å²) >= 11 is 1.40. The quantitative estimate of drug-likeness (QED) is 0.438. The maximum absolute atomic E-state index is 12.2. The van der Waals surface area contributed by atoms with Gasteiger partial charge in [0.2, 0.25) is 5.91 Å². The number of carbonyl (C=O) groups excluding carboxylic acids is 2. The smallest absolute Gasteiger partial charge is 0.352 e. The Labute approximate surface area is 142 Å². The molecule has 0 aromatic rings. The van der Waals surface area contributed by atoms with Crippen LogP contribution in [-0.2, 0) is 19.2 Å². The van der Waals surface area contributed by atoms with Crippen LogP contribution in [0, 0.1) is 0 Å². The maximum atomic E-state index is 12.2. The van der Waals surface area contributed by atoms with Gasteiger partial charge in [0.1, 0.15) is 23.2 Å². The summed E-state index contributed by atoms with van der Waals surface area (Å²) < 4.78 is 0. The van der Waals surface area contributed by atoms with Gasteiger partial charge in [-0.1, -0.05) is 0 Å². The molecule has 24 heavy (non-hydrogen) atoms. The van der Waals surface area contributed by atoms with Gasteiger partial charge in [0.15, 0.2) is 0 Å². The van der Waals surface area contributed by atoms with Crippen molar-refractivity contribution in [1.82, 2.24) is 10.2 Å². The molecule has 1 fully saturated rings. The molecule has 0 aliphatic carbocycles. The minimum Gasteiger partial charge on any atom is -0.480 e. The molecule has 9 nitrogen and oxygen atoms in total. The van der Waals surface area contributed by atoms with Crippen LogP contribution in [0.4, 0.5) is 0 Å². The highest BCUT2D eigenvalue weighted by molar-refractivity contribution is 8.00. The predicted octanol–water partition coefficient (Wildman–Crippen LogP) is -0.673. The van der Waals surface area contributed by atoms with Crippen LogP contribution >= 0.6 is 11.8 Å². The van der Waals surface area contributed by atoms with Crippen molar-refractivity contribution in [3.05, 3.63) is 11.3 Å². The summed E-state index contributed by atoms with van der Waals surface area (Å²) in [6, 6.07) is -1.77. The molecule has 2 amide bonds. The summed E-state index contributed by atoms with van der Waals surface area (Å²) in [5.74, 6) is -2.62. The van der Waals surface area contributed by atoms with Crippen LogP contribution in [0.25, 0.3) is 0 Å². The van der Waals surface area contributed by atoms with Crippen LogP contribution in [-0.4, -0.2) is 62.1 Å². The Morgan fingerprint density at radius 3 is 2.67 bits per heavy atom. The first-order valence-electron chi connectivity index (χ1n) is 7.39. The van der Waals surface area contributed by atoms with Crippen LogP contribution in [0.5, 0.6) is 0 Å². The van der Waals surface area contributed by atoms with Gasteiger partial charge in [-0.15, -0.1) is 11.8 Å². The zero-order chi connectivity index (χ0) is 18.0. The molecule has 0 radical (unpaired) electrons. The number of thioether (sulfide) groups is 1. The van der Waals surface area contributed by atoms with Crippen LogP contribution in [0.15, 0.2) is 11.3 Å². The van der Waals surface area contributed by atoms with Gasteiger partial charge in [-0.05, 0) is 25.3 Å². The minimum absolute atomic E-state index is 0.0123. The number of β-lactam (4-membered cyclic amide) rings is 1. The summed E-state index contributed by atoms with van der Waals surface area (Å²) in [6.07, 6.45) is 0.515. The van der Waals surface area contributed by atoms with Crippen LogP contribution < -0.4 is 11.1 Å². The zero-order valence-corrected chi connectivity index (χ0v) is 13.8. The van der Waals surface area contributed by atoms with E-state index in [4.69, 9.17) is 10.8 Å². The molecule has 3 atom stereocenters. The number of nitrogens with one attached hydrogen (secondary N) is 1. The Bertz CT molecular complexity index is 620. The van der Waals surface area contributed by atoms with Crippen LogP contribution in [0.3, 0.4) is 0 Å². The van der Waals surface area contributed by atoms with Crippen molar-refractivity contribution in [2.24, 2.45) is 5.73 Å². The van der Waals surface area contributed by atoms with Crippen molar-refractivity contribution in [3.63, 3.8) is 0 Å². The molecule has 10 heteroatoms. The van der Waals surface area contributed by atoms with E-state index in [9.17, 15) is 24.3 Å². The fourth-order valence-corrected chi connectivity index (χ4v) is 3.92. The lowest BCUT2D eigenvalue weighted by molar-refractivity contribution is -0.150. The van der Waals surface area contributed by atoms with Crippen molar-refractivity contribution < 1.29 is 29.4 Å². The number of amides is 2. The monoisotopic (exact) mass is 357 g/mol. The average Bonchev–Trinajstić information content (AvgIpc) is 2.51. The summed E-state index contributed by atoms with van der Waals surface area (Å²) in [6.45, 7) is 1.66. The van der Waals surface area contributed by atoms with Gasteiger partial charge in [0, 0.05) is 12.2 Å². The second-order valence-electron chi connectivity index (χ2n) is 5.73. The molecular formula is C14H19N3O6S. The fraction of sp³-hybridized carbons (Fsp3) is 0.571. The van der Waals surface area contributed by atoms with Crippen LogP contribution in [0.2, 0.25) is 0 Å². The van der Waals surface area contributed by atoms with E-state index in [1.54, 1.807) is 6.92 Å². The van der Waals surface area contributed by atoms with Crippen molar-refractivity contribution in [1.29, 1.82) is 0 Å². The van der Waals surface area contributed by atoms with E-state index < -0.39 is 35.3 Å². The summed E-state index contributed by atoms with van der Waals surface area (Å²) in [4.78, 5) is 47.1. The Morgan fingerprint density at radius 1 is 1.42 bits per heavy atom. The Hall–Kier alpha value is -2.07. The lowest BCUT2D eigenvalue weighted by Gasteiger charge is -2.49. The predicted molar refractivity (Wildman–Crippen MR) is 84.8 cm³/mol. The third kappa shape index (κ3) is 3.54. The maximum Gasteiger partial charge on any atom is 0.352 e. The van der Waals surface area contributed by atoms with Gasteiger partial charge in [0.05, 0.1) is 0 Å². The number of carboxylic acids is 2. The molecule has 2 aliphatic rings. The Kier molecular flexibility index (Phi) is 5.50. The normalized spacial score (nSPS) is 24.1. The summed E-state index contributed by atoms with van der Waals surface area (Å²) in [7, 11) is 0. The molecule has 0 bridgehead atoms. The molecule has 2 heterocycles. The fourth-order valence-electron chi connectivity index (χ4n) is 2.63. The molecule has 2 aliphatic heterocycles. The molecule has 0 aromatic heterocycles. The van der Waals surface area contributed by atoms with E-state index >= 15 is 0 Å². The zero-order valence-electron chi connectivity index (χ0n) is 13.0. The summed E-state index contributed by atoms with van der Waals surface area (Å²) in [5, 5.41) is 20.1. The first-order valence-corrected chi connectivity index (χ1v) is 8.44. The average molecular weight is 357 g/mol. The number of hydrogen-bond acceptors (Lipinski definition) is 6. The highest BCUT2D eigenvalue weighted by Gasteiger charge is 2.53. The van der Waals surface area contributed by atoms with Gasteiger partial charge in [-0.25, -0.2) is 4.79 Å². The van der Waals surface area contributed by atoms with Crippen molar-refractivity contribution in [2.75, 3.05) is 5.75 Å². The molecule has 0 spiro atoms. The van der Waals surface area contributed by atoms with Crippen LogP contribution in [0.1, 0.15) is 26.2 Å². The highest BCUT2D eigenvalue weighted by Crippen LogP contribution is 2.40. The second-order valence-corrected chi connectivity index (χ2v) is 6.83. The van der Waals surface area contributed by atoms with E-state index in [2.05, 4.69) is 5.32 Å². The third-order valence-electron chi connectivity index (χ3n) is 3.91. The largest absolute Gasteiger partial charge is 0.480 e. The molecular weight excluding hydrogens is 338 g/mol. The number of rotatable bonds is 7. The third-order valence-corrected chi connectivity index (χ3v) is 5.34. The lowest BCUT2D eigenvalue weighted by atomic mass is 10.0. The first-order chi connectivity index (χ1) is 11.2. The molecule has 1 saturated heterocycles. The van der Waals surface area contributed by atoms with Crippen molar-refractivity contribution in [2.45, 2.75) is 43.6 Å². The standard InChI is InChI=1S/C14H19N3O6S/c1-6-5-24-12-9(11(19)17(12)10(6)14(22)23)16-8(18)4-2-3-7(15)13(20)21/h7,9,12H,2-5,15H2,1H3,(H,16,18)(H,20,21)(H,22,23)/t7?,9-,12+/m1/s1. The van der Waals surface area contributed by atoms with E-state index in [1.165, 1.54) is 16.7 Å². The van der Waals surface area contributed by atoms with Gasteiger partial charge in [0.25, 0.3) is 5.91 Å². The first kappa shape index (κ1) is 18.3. The number of nitrogens with two attached hydrogens (primary N) is 1. The van der Waals surface area contributed by atoms with Crippen molar-refractivity contribution in [3.8, 4) is 0 Å². The van der Waals surface area contributed by atoms with E-state index in [-0.39, 0.29) is 24.4 Å². The molecule has 132 valence electrons. The topological polar surface area (TPSA) is 150 Å².